The second-order valence-corrected chi connectivity index (χ2v) is 6.10. The predicted octanol–water partition coefficient (Wildman–Crippen LogP) is 0.173. The Morgan fingerprint density at radius 2 is 1.65 bits per heavy atom. The molecule has 3 aliphatic rings. The topological polar surface area (TPSA) is 70.1 Å². The summed E-state index contributed by atoms with van der Waals surface area (Å²) in [6.45, 7) is 4.50. The average molecular weight is 282 g/mol. The molecular formula is C14H22N2O4. The minimum absolute atomic E-state index is 0.0279. The molecule has 0 spiro atoms. The number of nitrogens with zero attached hydrogens (tertiary/aromatic N) is 2. The number of carboxylic acid groups (broad SMARTS) is 1. The van der Waals surface area contributed by atoms with Crippen molar-refractivity contribution in [2.45, 2.75) is 37.9 Å². The third-order valence-corrected chi connectivity index (χ3v) is 4.47. The first kappa shape index (κ1) is 13.8. The molecule has 6 heteroatoms. The Bertz CT molecular complexity index is 389. The second kappa shape index (κ2) is 5.69. The number of carboxylic acids is 1. The van der Waals surface area contributed by atoms with Crippen molar-refractivity contribution in [3.63, 3.8) is 0 Å². The summed E-state index contributed by atoms with van der Waals surface area (Å²) in [5.74, 6) is -0.110. The summed E-state index contributed by atoms with van der Waals surface area (Å²) in [5.41, 5.74) is 0. The zero-order valence-electron chi connectivity index (χ0n) is 11.7. The highest BCUT2D eigenvalue weighted by atomic mass is 16.5. The summed E-state index contributed by atoms with van der Waals surface area (Å²) in [6, 6.07) is 0. The highest BCUT2D eigenvalue weighted by Gasteiger charge is 2.37. The van der Waals surface area contributed by atoms with Crippen LogP contribution in [0.2, 0.25) is 0 Å². The number of ether oxygens (including phenoxy) is 1. The predicted molar refractivity (Wildman–Crippen MR) is 71.3 cm³/mol. The Morgan fingerprint density at radius 1 is 1.00 bits per heavy atom. The normalized spacial score (nSPS) is 31.5. The zero-order chi connectivity index (χ0) is 14.1. The number of hydrogen-bond donors (Lipinski definition) is 1. The number of aliphatic carboxylic acids is 1. The molecule has 6 nitrogen and oxygen atoms in total. The molecular weight excluding hydrogens is 260 g/mol. The Labute approximate surface area is 118 Å². The van der Waals surface area contributed by atoms with Crippen LogP contribution < -0.4 is 0 Å². The van der Waals surface area contributed by atoms with E-state index in [0.717, 1.165) is 32.1 Å². The van der Waals surface area contributed by atoms with E-state index in [2.05, 4.69) is 4.90 Å². The average Bonchev–Trinajstić information content (AvgIpc) is 3.11. The first-order valence-electron chi connectivity index (χ1n) is 7.53. The number of carbonyl (C=O) groups is 2. The smallest absolute Gasteiger partial charge is 0.332 e. The van der Waals surface area contributed by atoms with Gasteiger partial charge < -0.3 is 14.7 Å². The maximum Gasteiger partial charge on any atom is 0.332 e. The van der Waals surface area contributed by atoms with Gasteiger partial charge in [0.05, 0.1) is 0 Å². The fraction of sp³-hybridized carbons (Fsp3) is 0.857. The molecule has 2 saturated heterocycles. The van der Waals surface area contributed by atoms with Gasteiger partial charge in [0.2, 0.25) is 0 Å². The summed E-state index contributed by atoms with van der Waals surface area (Å²) >= 11 is 0. The summed E-state index contributed by atoms with van der Waals surface area (Å²) in [7, 11) is 0. The van der Waals surface area contributed by atoms with E-state index in [-0.39, 0.29) is 5.91 Å². The number of piperazine rings is 1. The molecule has 1 amide bonds. The molecule has 0 aromatic carbocycles. The van der Waals surface area contributed by atoms with Gasteiger partial charge in [-0.15, -0.1) is 0 Å². The van der Waals surface area contributed by atoms with Gasteiger partial charge in [0.15, 0.2) is 6.10 Å². The van der Waals surface area contributed by atoms with Gasteiger partial charge in [-0.25, -0.2) is 4.79 Å². The molecule has 1 aliphatic carbocycles. The fourth-order valence-corrected chi connectivity index (χ4v) is 3.02. The molecule has 0 bridgehead atoms. The molecule has 0 radical (unpaired) electrons. The van der Waals surface area contributed by atoms with Crippen LogP contribution in [0.15, 0.2) is 0 Å². The molecule has 0 aromatic heterocycles. The van der Waals surface area contributed by atoms with Gasteiger partial charge >= 0.3 is 5.97 Å². The van der Waals surface area contributed by atoms with Crippen LogP contribution in [0.3, 0.4) is 0 Å². The molecule has 2 heterocycles. The fourth-order valence-electron chi connectivity index (χ4n) is 3.02. The largest absolute Gasteiger partial charge is 0.479 e. The maximum atomic E-state index is 12.3. The summed E-state index contributed by atoms with van der Waals surface area (Å²) in [6.07, 6.45) is 2.31. The molecule has 3 rings (SSSR count). The minimum atomic E-state index is -0.963. The SMILES string of the molecule is O=C(O)C1CCC(C(=O)N2CCN(CC3CC3)CC2)O1. The van der Waals surface area contributed by atoms with Gasteiger partial charge in [-0.1, -0.05) is 0 Å². The minimum Gasteiger partial charge on any atom is -0.479 e. The van der Waals surface area contributed by atoms with Gasteiger partial charge in [-0.3, -0.25) is 9.69 Å². The number of hydrogen-bond acceptors (Lipinski definition) is 4. The lowest BCUT2D eigenvalue weighted by Gasteiger charge is -2.35. The van der Waals surface area contributed by atoms with Gasteiger partial charge in [-0.05, 0) is 31.6 Å². The van der Waals surface area contributed by atoms with E-state index in [9.17, 15) is 9.59 Å². The van der Waals surface area contributed by atoms with Gasteiger partial charge in [-0.2, -0.15) is 0 Å². The van der Waals surface area contributed by atoms with Crippen LogP contribution in [0, 0.1) is 5.92 Å². The summed E-state index contributed by atoms with van der Waals surface area (Å²) in [4.78, 5) is 27.4. The van der Waals surface area contributed by atoms with Gasteiger partial charge in [0, 0.05) is 32.7 Å². The molecule has 2 aliphatic heterocycles. The molecule has 1 saturated carbocycles. The second-order valence-electron chi connectivity index (χ2n) is 6.10. The van der Waals surface area contributed by atoms with Crippen molar-refractivity contribution in [1.82, 2.24) is 9.80 Å². The van der Waals surface area contributed by atoms with E-state index < -0.39 is 18.2 Å². The quantitative estimate of drug-likeness (QED) is 0.796. The molecule has 1 N–H and O–H groups in total. The molecule has 112 valence electrons. The van der Waals surface area contributed by atoms with Crippen molar-refractivity contribution >= 4 is 11.9 Å². The molecule has 2 atom stereocenters. The van der Waals surface area contributed by atoms with Crippen molar-refractivity contribution in [2.75, 3.05) is 32.7 Å². The van der Waals surface area contributed by atoms with Crippen LogP contribution in [-0.2, 0) is 14.3 Å². The first-order chi connectivity index (χ1) is 9.63. The number of carbonyl (C=O) groups excluding carboxylic acids is 1. The van der Waals surface area contributed by atoms with Crippen molar-refractivity contribution < 1.29 is 19.4 Å². The Morgan fingerprint density at radius 3 is 2.20 bits per heavy atom. The molecule has 0 aromatic rings. The summed E-state index contributed by atoms with van der Waals surface area (Å²) in [5, 5.41) is 8.89. The monoisotopic (exact) mass is 282 g/mol. The number of amides is 1. The van der Waals surface area contributed by atoms with E-state index in [1.807, 2.05) is 4.90 Å². The zero-order valence-corrected chi connectivity index (χ0v) is 11.7. The van der Waals surface area contributed by atoms with Crippen LogP contribution in [0.5, 0.6) is 0 Å². The van der Waals surface area contributed by atoms with Gasteiger partial charge in [0.25, 0.3) is 5.91 Å². The van der Waals surface area contributed by atoms with Crippen LogP contribution in [0.25, 0.3) is 0 Å². The Balaban J connectivity index is 1.45. The van der Waals surface area contributed by atoms with Crippen molar-refractivity contribution in [3.05, 3.63) is 0 Å². The van der Waals surface area contributed by atoms with Crippen molar-refractivity contribution in [3.8, 4) is 0 Å². The third kappa shape index (κ3) is 3.12. The van der Waals surface area contributed by atoms with E-state index in [0.29, 0.717) is 12.8 Å². The van der Waals surface area contributed by atoms with Crippen LogP contribution in [0.1, 0.15) is 25.7 Å². The van der Waals surface area contributed by atoms with Crippen molar-refractivity contribution in [1.29, 1.82) is 0 Å². The Kier molecular flexibility index (Phi) is 3.94. The standard InChI is InChI=1S/C14H22N2O4/c17-13(11-3-4-12(20-11)14(18)19)16-7-5-15(6-8-16)9-10-1-2-10/h10-12H,1-9H2,(H,18,19). The van der Waals surface area contributed by atoms with E-state index >= 15 is 0 Å². The van der Waals surface area contributed by atoms with Crippen LogP contribution >= 0.6 is 0 Å². The maximum absolute atomic E-state index is 12.3. The lowest BCUT2D eigenvalue weighted by molar-refractivity contribution is -0.155. The highest BCUT2D eigenvalue weighted by Crippen LogP contribution is 2.30. The van der Waals surface area contributed by atoms with Crippen LogP contribution in [-0.4, -0.2) is 71.7 Å². The first-order valence-corrected chi connectivity index (χ1v) is 7.53. The lowest BCUT2D eigenvalue weighted by Crippen LogP contribution is -2.51. The molecule has 3 fully saturated rings. The summed E-state index contributed by atoms with van der Waals surface area (Å²) < 4.78 is 5.33. The van der Waals surface area contributed by atoms with Crippen LogP contribution in [0.4, 0.5) is 0 Å². The van der Waals surface area contributed by atoms with E-state index in [1.165, 1.54) is 19.4 Å². The van der Waals surface area contributed by atoms with Crippen molar-refractivity contribution in [2.24, 2.45) is 5.92 Å². The lowest BCUT2D eigenvalue weighted by atomic mass is 10.1. The molecule has 20 heavy (non-hydrogen) atoms. The van der Waals surface area contributed by atoms with Gasteiger partial charge in [0.1, 0.15) is 6.10 Å². The highest BCUT2D eigenvalue weighted by molar-refractivity contribution is 5.82. The third-order valence-electron chi connectivity index (χ3n) is 4.47. The van der Waals surface area contributed by atoms with E-state index in [4.69, 9.17) is 9.84 Å². The number of rotatable bonds is 4. The Hall–Kier alpha value is -1.14. The molecule has 2 unspecified atom stereocenters. The van der Waals surface area contributed by atoms with E-state index in [1.54, 1.807) is 0 Å².